The highest BCUT2D eigenvalue weighted by atomic mass is 16.5. The number of hydrogen-bond acceptors (Lipinski definition) is 2. The zero-order valence-corrected chi connectivity index (χ0v) is 8.65. The monoisotopic (exact) mass is 191 g/mol. The smallest absolute Gasteiger partial charge is 0.0666 e. The Morgan fingerprint density at radius 3 is 2.86 bits per heavy atom. The van der Waals surface area contributed by atoms with Crippen LogP contribution in [0.15, 0.2) is 30.3 Å². The van der Waals surface area contributed by atoms with Crippen molar-refractivity contribution in [3.63, 3.8) is 0 Å². The van der Waals surface area contributed by atoms with Crippen molar-refractivity contribution in [1.82, 2.24) is 0 Å². The van der Waals surface area contributed by atoms with Gasteiger partial charge in [0, 0.05) is 19.3 Å². The Hall–Kier alpha value is -1.02. The van der Waals surface area contributed by atoms with Crippen molar-refractivity contribution in [2.75, 3.05) is 25.2 Å². The van der Waals surface area contributed by atoms with Gasteiger partial charge < -0.3 is 9.64 Å². The lowest BCUT2D eigenvalue weighted by Gasteiger charge is -2.26. The highest BCUT2D eigenvalue weighted by molar-refractivity contribution is 5.48. The molecule has 0 saturated carbocycles. The molecule has 1 aliphatic rings. The summed E-state index contributed by atoms with van der Waals surface area (Å²) in [7, 11) is 1.78. The molecule has 0 spiro atoms. The summed E-state index contributed by atoms with van der Waals surface area (Å²) in [6.45, 7) is 2.01. The fourth-order valence-corrected chi connectivity index (χ4v) is 2.16. The number of para-hydroxylation sites is 1. The summed E-state index contributed by atoms with van der Waals surface area (Å²) in [5.74, 6) is 0. The van der Waals surface area contributed by atoms with Crippen molar-refractivity contribution in [2.45, 2.75) is 18.9 Å². The Morgan fingerprint density at radius 2 is 2.14 bits per heavy atom. The third-order valence-electron chi connectivity index (χ3n) is 2.82. The molecule has 76 valence electrons. The number of anilines is 1. The molecule has 0 amide bonds. The van der Waals surface area contributed by atoms with Gasteiger partial charge in [-0.1, -0.05) is 18.2 Å². The zero-order chi connectivity index (χ0) is 9.80. The van der Waals surface area contributed by atoms with Crippen molar-refractivity contribution in [3.05, 3.63) is 30.3 Å². The zero-order valence-electron chi connectivity index (χ0n) is 8.65. The Morgan fingerprint density at radius 1 is 1.36 bits per heavy atom. The second kappa shape index (κ2) is 4.47. The lowest BCUT2D eigenvalue weighted by molar-refractivity contribution is 0.181. The van der Waals surface area contributed by atoms with Gasteiger partial charge in [0.25, 0.3) is 0 Å². The van der Waals surface area contributed by atoms with Crippen molar-refractivity contribution >= 4 is 5.69 Å². The van der Waals surface area contributed by atoms with Gasteiger partial charge in [0.1, 0.15) is 0 Å². The molecule has 1 fully saturated rings. The van der Waals surface area contributed by atoms with Crippen molar-refractivity contribution in [2.24, 2.45) is 0 Å². The van der Waals surface area contributed by atoms with Crippen LogP contribution in [0.5, 0.6) is 0 Å². The first kappa shape index (κ1) is 9.53. The predicted molar refractivity (Wildman–Crippen MR) is 58.7 cm³/mol. The minimum Gasteiger partial charge on any atom is -0.383 e. The quantitative estimate of drug-likeness (QED) is 0.727. The van der Waals surface area contributed by atoms with Gasteiger partial charge in [-0.15, -0.1) is 0 Å². The van der Waals surface area contributed by atoms with Gasteiger partial charge in [-0.05, 0) is 25.0 Å². The number of ether oxygens (including phenoxy) is 1. The molecule has 0 aliphatic carbocycles. The lowest BCUT2D eigenvalue weighted by atomic mass is 10.2. The average Bonchev–Trinajstić information content (AvgIpc) is 2.68. The summed E-state index contributed by atoms with van der Waals surface area (Å²) >= 11 is 0. The van der Waals surface area contributed by atoms with Crippen molar-refractivity contribution in [3.8, 4) is 0 Å². The van der Waals surface area contributed by atoms with Gasteiger partial charge in [0.2, 0.25) is 0 Å². The molecule has 14 heavy (non-hydrogen) atoms. The van der Waals surface area contributed by atoms with Crippen LogP contribution in [0, 0.1) is 0 Å². The normalized spacial score (nSPS) is 21.5. The summed E-state index contributed by atoms with van der Waals surface area (Å²) in [4.78, 5) is 2.45. The van der Waals surface area contributed by atoms with E-state index in [-0.39, 0.29) is 0 Å². The van der Waals surface area contributed by atoms with E-state index in [1.807, 2.05) is 0 Å². The molecule has 1 aliphatic heterocycles. The minimum absolute atomic E-state index is 0.572. The Kier molecular flexibility index (Phi) is 3.04. The molecule has 0 bridgehead atoms. The summed E-state index contributed by atoms with van der Waals surface area (Å²) < 4.78 is 5.24. The van der Waals surface area contributed by atoms with Crippen LogP contribution >= 0.6 is 0 Å². The largest absolute Gasteiger partial charge is 0.383 e. The summed E-state index contributed by atoms with van der Waals surface area (Å²) in [6.07, 6.45) is 2.53. The number of methoxy groups -OCH3 is 1. The van der Waals surface area contributed by atoms with Crippen LogP contribution in [0.1, 0.15) is 12.8 Å². The molecule has 2 rings (SSSR count). The van der Waals surface area contributed by atoms with E-state index >= 15 is 0 Å². The first-order valence-electron chi connectivity index (χ1n) is 5.22. The molecule has 1 aromatic rings. The number of nitrogens with zero attached hydrogens (tertiary/aromatic N) is 1. The molecule has 0 radical (unpaired) electrons. The van der Waals surface area contributed by atoms with Gasteiger partial charge in [-0.2, -0.15) is 0 Å². The molecule has 1 heterocycles. The highest BCUT2D eigenvalue weighted by Crippen LogP contribution is 2.24. The van der Waals surface area contributed by atoms with E-state index in [0.29, 0.717) is 6.04 Å². The number of rotatable bonds is 3. The topological polar surface area (TPSA) is 12.5 Å². The summed E-state index contributed by atoms with van der Waals surface area (Å²) in [6, 6.07) is 11.2. The molecule has 0 unspecified atom stereocenters. The van der Waals surface area contributed by atoms with E-state index in [2.05, 4.69) is 35.2 Å². The maximum Gasteiger partial charge on any atom is 0.0666 e. The van der Waals surface area contributed by atoms with Crippen LogP contribution in [-0.4, -0.2) is 26.3 Å². The average molecular weight is 191 g/mol. The van der Waals surface area contributed by atoms with E-state index in [1.54, 1.807) is 7.11 Å². The molecule has 2 nitrogen and oxygen atoms in total. The lowest BCUT2D eigenvalue weighted by Crippen LogP contribution is -2.32. The molecule has 1 atom stereocenters. The van der Waals surface area contributed by atoms with Crippen molar-refractivity contribution < 1.29 is 4.74 Å². The maximum absolute atomic E-state index is 5.24. The predicted octanol–water partition coefficient (Wildman–Crippen LogP) is 2.30. The van der Waals surface area contributed by atoms with Gasteiger partial charge in [0.05, 0.1) is 12.6 Å². The minimum atomic E-state index is 0.572. The van der Waals surface area contributed by atoms with Gasteiger partial charge >= 0.3 is 0 Å². The molecule has 0 N–H and O–H groups in total. The Labute approximate surface area is 85.5 Å². The fraction of sp³-hybridized carbons (Fsp3) is 0.500. The highest BCUT2D eigenvalue weighted by Gasteiger charge is 2.23. The standard InChI is InChI=1S/C12H17NO/c1-14-10-12-8-5-9-13(12)11-6-3-2-4-7-11/h2-4,6-7,12H,5,8-10H2,1H3/t12-/m0/s1. The molecule has 0 aromatic heterocycles. The molecule has 1 saturated heterocycles. The van der Waals surface area contributed by atoms with E-state index < -0.39 is 0 Å². The van der Waals surface area contributed by atoms with E-state index in [9.17, 15) is 0 Å². The number of benzene rings is 1. The first-order valence-corrected chi connectivity index (χ1v) is 5.22. The third kappa shape index (κ3) is 1.90. The fourth-order valence-electron chi connectivity index (χ4n) is 2.16. The van der Waals surface area contributed by atoms with E-state index in [1.165, 1.54) is 18.5 Å². The van der Waals surface area contributed by atoms with Crippen LogP contribution in [-0.2, 0) is 4.74 Å². The van der Waals surface area contributed by atoms with E-state index in [4.69, 9.17) is 4.74 Å². The van der Waals surface area contributed by atoms with Crippen LogP contribution in [0.25, 0.3) is 0 Å². The van der Waals surface area contributed by atoms with Crippen molar-refractivity contribution in [1.29, 1.82) is 0 Å². The van der Waals surface area contributed by atoms with E-state index in [0.717, 1.165) is 13.2 Å². The van der Waals surface area contributed by atoms with Gasteiger partial charge in [0.15, 0.2) is 0 Å². The molecular weight excluding hydrogens is 174 g/mol. The van der Waals surface area contributed by atoms with Crippen LogP contribution in [0.4, 0.5) is 5.69 Å². The SMILES string of the molecule is COC[C@@H]1CCCN1c1ccccc1. The Bertz CT molecular complexity index is 273. The van der Waals surface area contributed by atoms with Crippen LogP contribution < -0.4 is 4.90 Å². The second-order valence-electron chi connectivity index (χ2n) is 3.78. The Balaban J connectivity index is 2.10. The van der Waals surface area contributed by atoms with Crippen LogP contribution in [0.3, 0.4) is 0 Å². The summed E-state index contributed by atoms with van der Waals surface area (Å²) in [5.41, 5.74) is 1.33. The second-order valence-corrected chi connectivity index (χ2v) is 3.78. The third-order valence-corrected chi connectivity index (χ3v) is 2.82. The maximum atomic E-state index is 5.24. The molecule has 1 aromatic carbocycles. The first-order chi connectivity index (χ1) is 6.92. The van der Waals surface area contributed by atoms with Crippen LogP contribution in [0.2, 0.25) is 0 Å². The summed E-state index contributed by atoms with van der Waals surface area (Å²) in [5, 5.41) is 0. The molecular formula is C12H17NO. The number of hydrogen-bond donors (Lipinski definition) is 0. The van der Waals surface area contributed by atoms with Gasteiger partial charge in [-0.3, -0.25) is 0 Å². The molecule has 2 heteroatoms. The van der Waals surface area contributed by atoms with Gasteiger partial charge in [-0.25, -0.2) is 0 Å².